The highest BCUT2D eigenvalue weighted by atomic mass is 16.5. The van der Waals surface area contributed by atoms with Crippen LogP contribution in [0.4, 0.5) is 0 Å². The van der Waals surface area contributed by atoms with E-state index in [2.05, 4.69) is 9.97 Å². The number of aromatic amines is 1. The molecule has 0 aliphatic rings. The van der Waals surface area contributed by atoms with E-state index in [0.29, 0.717) is 12.3 Å². The van der Waals surface area contributed by atoms with E-state index < -0.39 is 0 Å². The molecule has 2 aromatic heterocycles. The third-order valence-electron chi connectivity index (χ3n) is 1.92. The normalized spacial score (nSPS) is 10.4. The molecule has 1 N–H and O–H groups in total. The van der Waals surface area contributed by atoms with Gasteiger partial charge in [-0.25, -0.2) is 4.79 Å². The van der Waals surface area contributed by atoms with Crippen molar-refractivity contribution in [2.24, 2.45) is 0 Å². The van der Waals surface area contributed by atoms with Crippen LogP contribution in [0.25, 0.3) is 10.9 Å². The second-order valence-corrected chi connectivity index (χ2v) is 2.87. The van der Waals surface area contributed by atoms with Crippen LogP contribution in [-0.4, -0.2) is 22.5 Å². The number of pyridine rings is 1. The fraction of sp³-hybridized carbons (Fsp3) is 0.200. The number of carbonyl (C=O) groups excluding carboxylic acids is 1. The highest BCUT2D eigenvalue weighted by Gasteiger charge is 2.09. The molecule has 0 saturated carbocycles. The molecular weight excluding hydrogens is 180 g/mol. The molecule has 4 nitrogen and oxygen atoms in total. The highest BCUT2D eigenvalue weighted by Crippen LogP contribution is 2.13. The second kappa shape index (κ2) is 3.49. The molecule has 0 aromatic carbocycles. The first-order valence-corrected chi connectivity index (χ1v) is 4.41. The lowest BCUT2D eigenvalue weighted by atomic mass is 10.3. The van der Waals surface area contributed by atoms with Gasteiger partial charge in [0, 0.05) is 23.3 Å². The molecule has 14 heavy (non-hydrogen) atoms. The molecule has 2 rings (SSSR count). The molecule has 0 fully saturated rings. The summed E-state index contributed by atoms with van der Waals surface area (Å²) in [5, 5.41) is 0.913. The summed E-state index contributed by atoms with van der Waals surface area (Å²) in [4.78, 5) is 18.3. The molecular formula is C10H10N2O2. The first-order chi connectivity index (χ1) is 6.81. The number of ether oxygens (including phenoxy) is 1. The van der Waals surface area contributed by atoms with Gasteiger partial charge in [0.2, 0.25) is 0 Å². The van der Waals surface area contributed by atoms with Crippen molar-refractivity contribution in [3.05, 3.63) is 30.2 Å². The lowest BCUT2D eigenvalue weighted by Crippen LogP contribution is -2.04. The highest BCUT2D eigenvalue weighted by molar-refractivity contribution is 5.94. The smallest absolute Gasteiger partial charge is 0.354 e. The van der Waals surface area contributed by atoms with Crippen molar-refractivity contribution < 1.29 is 9.53 Å². The summed E-state index contributed by atoms with van der Waals surface area (Å²) in [6.07, 6.45) is 3.38. The Hall–Kier alpha value is -1.84. The van der Waals surface area contributed by atoms with Gasteiger partial charge in [0.25, 0.3) is 0 Å². The van der Waals surface area contributed by atoms with Gasteiger partial charge in [-0.05, 0) is 19.1 Å². The number of esters is 1. The monoisotopic (exact) mass is 190 g/mol. The average Bonchev–Trinajstić information content (AvgIpc) is 2.61. The molecule has 72 valence electrons. The molecule has 0 amide bonds. The number of nitrogens with zero attached hydrogens (tertiary/aromatic N) is 1. The lowest BCUT2D eigenvalue weighted by Gasteiger charge is -1.96. The van der Waals surface area contributed by atoms with Gasteiger partial charge in [0.1, 0.15) is 5.69 Å². The lowest BCUT2D eigenvalue weighted by molar-refractivity contribution is 0.0520. The minimum absolute atomic E-state index is 0.330. The maximum Gasteiger partial charge on any atom is 0.354 e. The Bertz CT molecular complexity index is 429. The van der Waals surface area contributed by atoms with Crippen LogP contribution in [0.1, 0.15) is 17.4 Å². The molecule has 2 aromatic rings. The summed E-state index contributed by atoms with van der Waals surface area (Å²) in [6, 6.07) is 3.55. The van der Waals surface area contributed by atoms with Gasteiger partial charge >= 0.3 is 5.97 Å². The van der Waals surface area contributed by atoms with Crippen LogP contribution < -0.4 is 0 Å². The van der Waals surface area contributed by atoms with E-state index in [0.717, 1.165) is 10.9 Å². The van der Waals surface area contributed by atoms with E-state index in [-0.39, 0.29) is 5.97 Å². The summed E-state index contributed by atoms with van der Waals surface area (Å²) < 4.78 is 4.87. The first kappa shape index (κ1) is 8.74. The van der Waals surface area contributed by atoms with E-state index in [1.807, 2.05) is 6.07 Å². The molecule has 0 saturated heterocycles. The van der Waals surface area contributed by atoms with Gasteiger partial charge in [-0.15, -0.1) is 0 Å². The number of carbonyl (C=O) groups is 1. The van der Waals surface area contributed by atoms with Gasteiger partial charge in [-0.3, -0.25) is 4.98 Å². The summed E-state index contributed by atoms with van der Waals surface area (Å²) in [5.74, 6) is -0.330. The zero-order chi connectivity index (χ0) is 9.97. The number of fused-ring (bicyclic) bond motifs is 1. The maximum atomic E-state index is 11.3. The van der Waals surface area contributed by atoms with Crippen LogP contribution in [0, 0.1) is 0 Å². The molecule has 2 heterocycles. The minimum Gasteiger partial charge on any atom is -0.461 e. The van der Waals surface area contributed by atoms with Crippen LogP contribution in [0.15, 0.2) is 24.5 Å². The van der Waals surface area contributed by atoms with Crippen molar-refractivity contribution >= 4 is 16.9 Å². The fourth-order valence-electron chi connectivity index (χ4n) is 1.29. The van der Waals surface area contributed by atoms with Gasteiger partial charge in [0.05, 0.1) is 6.61 Å². The minimum atomic E-state index is -0.330. The number of hydrogen-bond donors (Lipinski definition) is 1. The second-order valence-electron chi connectivity index (χ2n) is 2.87. The van der Waals surface area contributed by atoms with Crippen LogP contribution >= 0.6 is 0 Å². The molecule has 0 atom stereocenters. The van der Waals surface area contributed by atoms with Crippen LogP contribution in [-0.2, 0) is 4.74 Å². The molecule has 0 aliphatic heterocycles. The van der Waals surface area contributed by atoms with E-state index in [9.17, 15) is 4.79 Å². The molecule has 0 radical (unpaired) electrons. The molecule has 0 bridgehead atoms. The summed E-state index contributed by atoms with van der Waals surface area (Å²) in [7, 11) is 0. The zero-order valence-electron chi connectivity index (χ0n) is 7.78. The quantitative estimate of drug-likeness (QED) is 0.734. The summed E-state index contributed by atoms with van der Waals surface area (Å²) in [5.41, 5.74) is 1.36. The van der Waals surface area contributed by atoms with Crippen molar-refractivity contribution in [2.75, 3.05) is 6.61 Å². The van der Waals surface area contributed by atoms with Gasteiger partial charge < -0.3 is 9.72 Å². The van der Waals surface area contributed by atoms with Crippen LogP contribution in [0.2, 0.25) is 0 Å². The van der Waals surface area contributed by atoms with Crippen molar-refractivity contribution in [3.8, 4) is 0 Å². The van der Waals surface area contributed by atoms with E-state index >= 15 is 0 Å². The van der Waals surface area contributed by atoms with Gasteiger partial charge in [-0.2, -0.15) is 0 Å². The Kier molecular flexibility index (Phi) is 2.18. The summed E-state index contributed by atoms with van der Waals surface area (Å²) in [6.45, 7) is 2.16. The maximum absolute atomic E-state index is 11.3. The Morgan fingerprint density at radius 1 is 1.64 bits per heavy atom. The number of hydrogen-bond acceptors (Lipinski definition) is 3. The largest absolute Gasteiger partial charge is 0.461 e. The Balaban J connectivity index is 2.40. The van der Waals surface area contributed by atoms with Crippen molar-refractivity contribution in [3.63, 3.8) is 0 Å². The topological polar surface area (TPSA) is 55.0 Å². The molecule has 0 unspecified atom stereocenters. The Morgan fingerprint density at radius 3 is 3.21 bits per heavy atom. The number of aromatic nitrogens is 2. The van der Waals surface area contributed by atoms with Crippen LogP contribution in [0.5, 0.6) is 0 Å². The van der Waals surface area contributed by atoms with Crippen molar-refractivity contribution in [1.82, 2.24) is 9.97 Å². The SMILES string of the molecule is CCOC(=O)c1cc2cnccc2[nH]1. The number of nitrogens with one attached hydrogen (secondary N) is 1. The van der Waals surface area contributed by atoms with Crippen molar-refractivity contribution in [1.29, 1.82) is 0 Å². The van der Waals surface area contributed by atoms with E-state index in [1.54, 1.807) is 25.4 Å². The molecule has 0 spiro atoms. The van der Waals surface area contributed by atoms with Gasteiger partial charge in [-0.1, -0.05) is 0 Å². The fourth-order valence-corrected chi connectivity index (χ4v) is 1.29. The zero-order valence-corrected chi connectivity index (χ0v) is 7.78. The number of H-pyrrole nitrogens is 1. The predicted molar refractivity (Wildman–Crippen MR) is 52.1 cm³/mol. The van der Waals surface area contributed by atoms with E-state index in [1.165, 1.54) is 0 Å². The molecule has 0 aliphatic carbocycles. The number of rotatable bonds is 2. The van der Waals surface area contributed by atoms with E-state index in [4.69, 9.17) is 4.74 Å². The third-order valence-corrected chi connectivity index (χ3v) is 1.92. The molecule has 4 heteroatoms. The first-order valence-electron chi connectivity index (χ1n) is 4.41. The standard InChI is InChI=1S/C10H10N2O2/c1-2-14-10(13)9-5-7-6-11-4-3-8(7)12-9/h3-6,12H,2H2,1H3. The van der Waals surface area contributed by atoms with Gasteiger partial charge in [0.15, 0.2) is 0 Å². The Morgan fingerprint density at radius 2 is 2.50 bits per heavy atom. The van der Waals surface area contributed by atoms with Crippen LogP contribution in [0.3, 0.4) is 0 Å². The third kappa shape index (κ3) is 1.46. The summed E-state index contributed by atoms with van der Waals surface area (Å²) >= 11 is 0. The Labute approximate surface area is 80.9 Å². The average molecular weight is 190 g/mol. The predicted octanol–water partition coefficient (Wildman–Crippen LogP) is 1.74. The van der Waals surface area contributed by atoms with Crippen molar-refractivity contribution in [2.45, 2.75) is 6.92 Å².